The van der Waals surface area contributed by atoms with Gasteiger partial charge in [0.1, 0.15) is 0 Å². The van der Waals surface area contributed by atoms with Gasteiger partial charge in [-0.25, -0.2) is 0 Å². The van der Waals surface area contributed by atoms with E-state index in [4.69, 9.17) is 19.2 Å². The predicted octanol–water partition coefficient (Wildman–Crippen LogP) is -4.38. The maximum Gasteiger partial charge on any atom is 0.668 e. The SMILES string of the molecule is O[Si](O)(O)O.P.[B].[SiH4]. The van der Waals surface area contributed by atoms with Crippen LogP contribution in [0.5, 0.6) is 0 Å². The lowest BCUT2D eigenvalue weighted by Crippen LogP contribution is -2.33. The van der Waals surface area contributed by atoms with Gasteiger partial charge in [0, 0.05) is 8.41 Å². The molecule has 0 aromatic rings. The summed E-state index contributed by atoms with van der Waals surface area (Å²) in [6, 6.07) is 0. The summed E-state index contributed by atoms with van der Waals surface area (Å²) >= 11 is 0. The average Bonchev–Trinajstić information content (AvgIpc) is 0.722. The first kappa shape index (κ1) is 23.3. The summed E-state index contributed by atoms with van der Waals surface area (Å²) in [4.78, 5) is 29.3. The molecule has 0 bridgehead atoms. The van der Waals surface area contributed by atoms with E-state index >= 15 is 0 Å². The van der Waals surface area contributed by atoms with Crippen LogP contribution in [-0.2, 0) is 0 Å². The Morgan fingerprint density at radius 3 is 0.875 bits per heavy atom. The van der Waals surface area contributed by atoms with Crippen LogP contribution in [0.25, 0.3) is 0 Å². The molecule has 0 aromatic carbocycles. The molecular weight excluding hydrogens is 162 g/mol. The largest absolute Gasteiger partial charge is 0.668 e. The molecule has 0 aliphatic rings. The first-order chi connectivity index (χ1) is 2.00. The molecule has 0 saturated heterocycles. The zero-order valence-corrected chi connectivity index (χ0v) is 5.99. The molecule has 1 atom stereocenters. The fourth-order valence-electron chi connectivity index (χ4n) is 0. The zero-order valence-electron chi connectivity index (χ0n) is 3.57. The van der Waals surface area contributed by atoms with Crippen LogP contribution in [0.15, 0.2) is 0 Å². The Labute approximate surface area is 58.3 Å². The maximum atomic E-state index is 7.33. The second kappa shape index (κ2) is 7.77. The maximum absolute atomic E-state index is 7.33. The van der Waals surface area contributed by atoms with E-state index in [1.807, 2.05) is 0 Å². The third-order valence-corrected chi connectivity index (χ3v) is 0. The van der Waals surface area contributed by atoms with Gasteiger partial charge in [-0.05, 0) is 11.0 Å². The summed E-state index contributed by atoms with van der Waals surface area (Å²) < 4.78 is 0. The topological polar surface area (TPSA) is 80.9 Å². The molecule has 1 unspecified atom stereocenters. The number of hydrogen-bond donors (Lipinski definition) is 4. The van der Waals surface area contributed by atoms with Crippen molar-refractivity contribution in [2.45, 2.75) is 0 Å². The quantitative estimate of drug-likeness (QED) is 0.220. The Hall–Kier alpha value is 0.769. The molecule has 0 heterocycles. The van der Waals surface area contributed by atoms with Gasteiger partial charge < -0.3 is 19.2 Å². The van der Waals surface area contributed by atoms with Crippen LogP contribution in [0.2, 0.25) is 0 Å². The molecule has 8 heavy (non-hydrogen) atoms. The number of rotatable bonds is 0. The van der Waals surface area contributed by atoms with Crippen LogP contribution in [0.3, 0.4) is 0 Å². The van der Waals surface area contributed by atoms with Gasteiger partial charge in [-0.1, -0.05) is 0 Å². The standard InChI is InChI=1S/B.H4O4Si.H3P.H4Si/c;1-5(2,3)4;;/h;1-4H;1H3;1H4. The van der Waals surface area contributed by atoms with Crippen LogP contribution in [-0.4, -0.2) is 47.6 Å². The zero-order chi connectivity index (χ0) is 4.50. The Bertz CT molecular complexity index is 29.5. The van der Waals surface area contributed by atoms with Gasteiger partial charge in [-0.2, -0.15) is 9.90 Å². The van der Waals surface area contributed by atoms with Crippen LogP contribution >= 0.6 is 9.90 Å². The summed E-state index contributed by atoms with van der Waals surface area (Å²) in [5.74, 6) is 0. The highest BCUT2D eigenvalue weighted by molar-refractivity contribution is 6.92. The van der Waals surface area contributed by atoms with E-state index < -0.39 is 9.05 Å². The molecule has 0 spiro atoms. The van der Waals surface area contributed by atoms with Crippen molar-refractivity contribution in [1.29, 1.82) is 0 Å². The third kappa shape index (κ3) is 381. The van der Waals surface area contributed by atoms with Crippen molar-refractivity contribution in [2.75, 3.05) is 0 Å². The lowest BCUT2D eigenvalue weighted by atomic mass is 10.8. The van der Waals surface area contributed by atoms with Gasteiger partial charge in [0.2, 0.25) is 0 Å². The fraction of sp³-hybridized carbons (Fsp3) is 0. The van der Waals surface area contributed by atoms with E-state index in [2.05, 4.69) is 0 Å². The van der Waals surface area contributed by atoms with E-state index in [1.165, 1.54) is 0 Å². The Morgan fingerprint density at radius 1 is 0.875 bits per heavy atom. The van der Waals surface area contributed by atoms with Crippen molar-refractivity contribution < 1.29 is 19.2 Å². The second-order valence-electron chi connectivity index (χ2n) is 0.600. The van der Waals surface area contributed by atoms with Crippen molar-refractivity contribution in [2.24, 2.45) is 0 Å². The third-order valence-electron chi connectivity index (χ3n) is 0. The summed E-state index contributed by atoms with van der Waals surface area (Å²) in [7, 11) is -4.61. The highest BCUT2D eigenvalue weighted by atomic mass is 31.0. The van der Waals surface area contributed by atoms with E-state index in [0.29, 0.717) is 0 Å². The van der Waals surface area contributed by atoms with E-state index in [9.17, 15) is 0 Å². The van der Waals surface area contributed by atoms with Crippen LogP contribution < -0.4 is 0 Å². The Balaban J connectivity index is -0.0000000267. The van der Waals surface area contributed by atoms with Gasteiger partial charge in [-0.3, -0.25) is 0 Å². The van der Waals surface area contributed by atoms with Gasteiger partial charge >= 0.3 is 9.05 Å². The van der Waals surface area contributed by atoms with Crippen molar-refractivity contribution >= 4 is 38.3 Å². The van der Waals surface area contributed by atoms with Crippen LogP contribution in [0, 0.1) is 0 Å². The minimum absolute atomic E-state index is 0. The average molecular weight is 173 g/mol. The Kier molecular flexibility index (Phi) is 22.6. The molecule has 3 radical (unpaired) electrons. The number of hydrogen-bond acceptors (Lipinski definition) is 4. The molecular formula is H11BO4PSi2. The fourth-order valence-corrected chi connectivity index (χ4v) is 0. The molecule has 4 nitrogen and oxygen atoms in total. The summed E-state index contributed by atoms with van der Waals surface area (Å²) in [6.07, 6.45) is 0. The van der Waals surface area contributed by atoms with Crippen molar-refractivity contribution in [1.82, 2.24) is 0 Å². The van der Waals surface area contributed by atoms with E-state index in [-0.39, 0.29) is 29.3 Å². The smallest absolute Gasteiger partial charge is 0.368 e. The Morgan fingerprint density at radius 2 is 0.875 bits per heavy atom. The first-order valence-corrected chi connectivity index (χ1v) is 2.68. The highest BCUT2D eigenvalue weighted by Crippen LogP contribution is 1.67. The van der Waals surface area contributed by atoms with Crippen molar-refractivity contribution in [3.05, 3.63) is 0 Å². The molecule has 0 aliphatic heterocycles. The lowest BCUT2D eigenvalue weighted by Gasteiger charge is -1.91. The first-order valence-electron chi connectivity index (χ1n) is 0.894. The second-order valence-corrected chi connectivity index (χ2v) is 1.80. The van der Waals surface area contributed by atoms with Crippen molar-refractivity contribution in [3.8, 4) is 0 Å². The van der Waals surface area contributed by atoms with E-state index in [0.717, 1.165) is 0 Å². The van der Waals surface area contributed by atoms with Gasteiger partial charge in [0.15, 0.2) is 0 Å². The van der Waals surface area contributed by atoms with E-state index in [1.54, 1.807) is 0 Å². The molecule has 0 aromatic heterocycles. The van der Waals surface area contributed by atoms with Crippen molar-refractivity contribution in [3.63, 3.8) is 0 Å². The molecule has 4 N–H and O–H groups in total. The van der Waals surface area contributed by atoms with Gasteiger partial charge in [-0.15, -0.1) is 0 Å². The monoisotopic (exact) mass is 173 g/mol. The molecule has 0 fully saturated rings. The lowest BCUT2D eigenvalue weighted by molar-refractivity contribution is 0.117. The van der Waals surface area contributed by atoms with Crippen LogP contribution in [0.4, 0.5) is 0 Å². The summed E-state index contributed by atoms with van der Waals surface area (Å²) in [5.41, 5.74) is 0. The normalized spacial score (nSPS) is 7.50. The molecule has 0 saturated carbocycles. The minimum Gasteiger partial charge on any atom is -0.368 e. The molecule has 8 heteroatoms. The molecule has 51 valence electrons. The molecule has 0 amide bonds. The minimum atomic E-state index is -4.61. The highest BCUT2D eigenvalue weighted by Gasteiger charge is 2.22. The molecule has 0 aliphatic carbocycles. The predicted molar refractivity (Wildman–Crippen MR) is 42.8 cm³/mol. The summed E-state index contributed by atoms with van der Waals surface area (Å²) in [5, 5.41) is 0. The van der Waals surface area contributed by atoms with Crippen LogP contribution in [0.1, 0.15) is 0 Å². The molecule has 0 rings (SSSR count). The van der Waals surface area contributed by atoms with Gasteiger partial charge in [0.25, 0.3) is 0 Å². The summed E-state index contributed by atoms with van der Waals surface area (Å²) in [6.45, 7) is 0. The van der Waals surface area contributed by atoms with Gasteiger partial charge in [0.05, 0.1) is 0 Å².